The van der Waals surface area contributed by atoms with Crippen molar-refractivity contribution in [1.82, 2.24) is 20.2 Å². The summed E-state index contributed by atoms with van der Waals surface area (Å²) in [6.45, 7) is 8.28. The molecule has 0 aromatic carbocycles. The van der Waals surface area contributed by atoms with Gasteiger partial charge in [-0.25, -0.2) is 9.97 Å². The fourth-order valence-electron chi connectivity index (χ4n) is 2.74. The second-order valence-electron chi connectivity index (χ2n) is 7.83. The third-order valence-corrected chi connectivity index (χ3v) is 4.61. The highest BCUT2D eigenvalue weighted by atomic mass is 15.4. The summed E-state index contributed by atoms with van der Waals surface area (Å²) in [5, 5.41) is 8.78. The maximum atomic E-state index is 4.40. The lowest BCUT2D eigenvalue weighted by atomic mass is 9.92. The molecule has 7 heteroatoms. The molecule has 1 aliphatic heterocycles. The zero-order chi connectivity index (χ0) is 18.2. The number of nitrogens with zero attached hydrogens (tertiary/aromatic N) is 7. The van der Waals surface area contributed by atoms with Crippen molar-refractivity contribution in [2.45, 2.75) is 32.2 Å². The van der Waals surface area contributed by atoms with Crippen LogP contribution < -0.4 is 14.7 Å². The average Bonchev–Trinajstić information content (AvgIpc) is 2.53. The van der Waals surface area contributed by atoms with Gasteiger partial charge in [0.2, 0.25) is 0 Å². The van der Waals surface area contributed by atoms with E-state index in [1.165, 1.54) is 0 Å². The van der Waals surface area contributed by atoms with Crippen molar-refractivity contribution in [2.75, 3.05) is 48.9 Å². The minimum atomic E-state index is 0.0282. The molecule has 1 aliphatic rings. The Morgan fingerprint density at radius 1 is 1.00 bits per heavy atom. The first kappa shape index (κ1) is 17.4. The van der Waals surface area contributed by atoms with Crippen molar-refractivity contribution in [3.05, 3.63) is 30.2 Å². The number of hydrogen-bond donors (Lipinski definition) is 0. The summed E-state index contributed by atoms with van der Waals surface area (Å²) in [5.74, 6) is 2.79. The normalized spacial score (nSPS) is 15.0. The molecule has 0 atom stereocenters. The molecule has 0 aliphatic carbocycles. The number of aromatic nitrogens is 4. The van der Waals surface area contributed by atoms with E-state index in [-0.39, 0.29) is 5.41 Å². The van der Waals surface area contributed by atoms with Crippen LogP contribution in [0.25, 0.3) is 0 Å². The summed E-state index contributed by atoms with van der Waals surface area (Å²) in [6, 6.07) is 6.57. The van der Waals surface area contributed by atoms with Crippen LogP contribution in [-0.2, 0) is 5.41 Å². The second-order valence-corrected chi connectivity index (χ2v) is 7.83. The van der Waals surface area contributed by atoms with Gasteiger partial charge in [-0.1, -0.05) is 20.8 Å². The fourth-order valence-corrected chi connectivity index (χ4v) is 2.74. The Labute approximate surface area is 149 Å². The summed E-state index contributed by atoms with van der Waals surface area (Å²) in [7, 11) is 6.05. The Bertz CT molecular complexity index is 715. The lowest BCUT2D eigenvalue weighted by Gasteiger charge is -2.44. The molecule has 1 saturated heterocycles. The maximum absolute atomic E-state index is 4.40. The Balaban J connectivity index is 1.63. The lowest BCUT2D eigenvalue weighted by molar-refractivity contribution is 0.485. The molecule has 1 fully saturated rings. The molecule has 25 heavy (non-hydrogen) atoms. The van der Waals surface area contributed by atoms with Gasteiger partial charge in [0.05, 0.1) is 11.7 Å². The molecule has 0 N–H and O–H groups in total. The predicted molar refractivity (Wildman–Crippen MR) is 101 cm³/mol. The monoisotopic (exact) mass is 341 g/mol. The van der Waals surface area contributed by atoms with E-state index in [4.69, 9.17) is 0 Å². The van der Waals surface area contributed by atoms with Gasteiger partial charge in [-0.05, 0) is 12.1 Å². The van der Waals surface area contributed by atoms with E-state index in [2.05, 4.69) is 69.9 Å². The Morgan fingerprint density at radius 3 is 2.24 bits per heavy atom. The van der Waals surface area contributed by atoms with Crippen LogP contribution in [0, 0.1) is 0 Å². The van der Waals surface area contributed by atoms with Crippen LogP contribution >= 0.6 is 0 Å². The quantitative estimate of drug-likeness (QED) is 0.842. The zero-order valence-corrected chi connectivity index (χ0v) is 15.9. The lowest BCUT2D eigenvalue weighted by Crippen LogP contribution is -2.59. The molecular formula is C18H27N7. The van der Waals surface area contributed by atoms with Gasteiger partial charge in [-0.15, -0.1) is 5.10 Å². The van der Waals surface area contributed by atoms with Gasteiger partial charge >= 0.3 is 0 Å². The molecule has 0 unspecified atom stereocenters. The molecule has 0 radical (unpaired) electrons. The molecule has 3 heterocycles. The molecule has 2 aromatic heterocycles. The zero-order valence-electron chi connectivity index (χ0n) is 15.9. The van der Waals surface area contributed by atoms with Gasteiger partial charge < -0.3 is 14.7 Å². The summed E-state index contributed by atoms with van der Waals surface area (Å²) in [4.78, 5) is 15.1. The Kier molecular flexibility index (Phi) is 4.49. The Hall–Kier alpha value is -2.44. The summed E-state index contributed by atoms with van der Waals surface area (Å²) >= 11 is 0. The number of likely N-dealkylation sites (N-methyl/N-ethyl adjacent to an activating group) is 1. The first-order valence-electron chi connectivity index (χ1n) is 8.57. The third-order valence-electron chi connectivity index (χ3n) is 4.61. The average molecular weight is 341 g/mol. The van der Waals surface area contributed by atoms with Crippen LogP contribution in [0.5, 0.6) is 0 Å². The van der Waals surface area contributed by atoms with Gasteiger partial charge in [0.25, 0.3) is 0 Å². The molecule has 0 bridgehead atoms. The third kappa shape index (κ3) is 3.65. The van der Waals surface area contributed by atoms with E-state index in [0.29, 0.717) is 6.04 Å². The minimum absolute atomic E-state index is 0.0282. The van der Waals surface area contributed by atoms with E-state index >= 15 is 0 Å². The molecule has 2 aromatic rings. The van der Waals surface area contributed by atoms with Gasteiger partial charge in [0.1, 0.15) is 18.0 Å². The molecule has 0 spiro atoms. The van der Waals surface area contributed by atoms with E-state index in [1.54, 1.807) is 6.33 Å². The first-order chi connectivity index (χ1) is 11.8. The van der Waals surface area contributed by atoms with Crippen LogP contribution in [0.1, 0.15) is 26.5 Å². The van der Waals surface area contributed by atoms with Crippen LogP contribution in [0.15, 0.2) is 24.5 Å². The molecule has 134 valence electrons. The van der Waals surface area contributed by atoms with E-state index in [1.807, 2.05) is 25.1 Å². The summed E-state index contributed by atoms with van der Waals surface area (Å²) in [5.41, 5.74) is 1.04. The molecule has 0 saturated carbocycles. The fraction of sp³-hybridized carbons (Fsp3) is 0.556. The largest absolute Gasteiger partial charge is 0.363 e. The van der Waals surface area contributed by atoms with Crippen molar-refractivity contribution >= 4 is 17.5 Å². The predicted octanol–water partition coefficient (Wildman–Crippen LogP) is 1.96. The van der Waals surface area contributed by atoms with Crippen molar-refractivity contribution in [3.8, 4) is 0 Å². The van der Waals surface area contributed by atoms with Gasteiger partial charge in [-0.3, -0.25) is 0 Å². The topological polar surface area (TPSA) is 61.3 Å². The van der Waals surface area contributed by atoms with Crippen LogP contribution in [0.3, 0.4) is 0 Å². The van der Waals surface area contributed by atoms with Crippen LogP contribution in [0.4, 0.5) is 17.5 Å². The van der Waals surface area contributed by atoms with Gasteiger partial charge in [0.15, 0.2) is 5.82 Å². The van der Waals surface area contributed by atoms with E-state index < -0.39 is 0 Å². The van der Waals surface area contributed by atoms with Crippen LogP contribution in [-0.4, -0.2) is 60.4 Å². The van der Waals surface area contributed by atoms with E-state index in [9.17, 15) is 0 Å². The van der Waals surface area contributed by atoms with Crippen molar-refractivity contribution in [2.24, 2.45) is 0 Å². The molecule has 3 rings (SSSR count). The summed E-state index contributed by atoms with van der Waals surface area (Å²) < 4.78 is 0. The molecule has 7 nitrogen and oxygen atoms in total. The number of anilines is 3. The standard InChI is InChI=1S/C18H27N7/c1-18(2,3)14-7-8-15(22-21-14)25-10-13(11-25)24(6)17-9-16(23(4)5)19-12-20-17/h7-9,12-13H,10-11H2,1-6H3. The highest BCUT2D eigenvalue weighted by molar-refractivity contribution is 5.52. The van der Waals surface area contributed by atoms with Crippen molar-refractivity contribution in [1.29, 1.82) is 0 Å². The number of rotatable bonds is 4. The molecular weight excluding hydrogens is 314 g/mol. The van der Waals surface area contributed by atoms with Crippen molar-refractivity contribution < 1.29 is 0 Å². The maximum Gasteiger partial charge on any atom is 0.151 e. The number of hydrogen-bond acceptors (Lipinski definition) is 7. The van der Waals surface area contributed by atoms with Gasteiger partial charge in [-0.2, -0.15) is 5.10 Å². The summed E-state index contributed by atoms with van der Waals surface area (Å²) in [6.07, 6.45) is 1.62. The highest BCUT2D eigenvalue weighted by Gasteiger charge is 2.32. The Morgan fingerprint density at radius 2 is 1.68 bits per heavy atom. The minimum Gasteiger partial charge on any atom is -0.363 e. The first-order valence-corrected chi connectivity index (χ1v) is 8.57. The van der Waals surface area contributed by atoms with Crippen molar-refractivity contribution in [3.63, 3.8) is 0 Å². The van der Waals surface area contributed by atoms with E-state index in [0.717, 1.165) is 36.2 Å². The smallest absolute Gasteiger partial charge is 0.151 e. The SMILES string of the molecule is CN(C)c1cc(N(C)C2CN(c3ccc(C(C)(C)C)nn3)C2)ncn1. The highest BCUT2D eigenvalue weighted by Crippen LogP contribution is 2.26. The molecule has 0 amide bonds. The second kappa shape index (κ2) is 6.46. The van der Waals surface area contributed by atoms with Gasteiger partial charge in [0, 0.05) is 45.7 Å². The van der Waals surface area contributed by atoms with Crippen LogP contribution in [0.2, 0.25) is 0 Å².